The third-order valence-electron chi connectivity index (χ3n) is 3.41. The Hall–Kier alpha value is -1.33. The summed E-state index contributed by atoms with van der Waals surface area (Å²) in [5.41, 5.74) is 0.650. The van der Waals surface area contributed by atoms with Crippen LogP contribution < -0.4 is 5.43 Å². The molecule has 0 saturated heterocycles. The molecule has 1 rings (SSSR count). The second-order valence-corrected chi connectivity index (χ2v) is 5.33. The van der Waals surface area contributed by atoms with Gasteiger partial charge in [-0.15, -0.1) is 0 Å². The van der Waals surface area contributed by atoms with E-state index < -0.39 is 0 Å². The van der Waals surface area contributed by atoms with Gasteiger partial charge in [0.05, 0.1) is 6.20 Å². The molecule has 0 spiro atoms. The first-order valence-corrected chi connectivity index (χ1v) is 7.76. The van der Waals surface area contributed by atoms with Gasteiger partial charge in [-0.1, -0.05) is 13.8 Å². The highest BCUT2D eigenvalue weighted by Crippen LogP contribution is 2.10. The van der Waals surface area contributed by atoms with Crippen molar-refractivity contribution in [3.05, 3.63) is 28.2 Å². The molecular weight excluding hydrogens is 268 g/mol. The molecule has 0 aromatic carbocycles. The summed E-state index contributed by atoms with van der Waals surface area (Å²) in [4.78, 5) is 14.1. The molecule has 0 aliphatic heterocycles. The zero-order chi connectivity index (χ0) is 15.7. The van der Waals surface area contributed by atoms with Crippen molar-refractivity contribution in [2.24, 2.45) is 0 Å². The zero-order valence-corrected chi connectivity index (χ0v) is 13.5. The van der Waals surface area contributed by atoms with Crippen LogP contribution in [0.1, 0.15) is 38.8 Å². The van der Waals surface area contributed by atoms with Gasteiger partial charge in [0.1, 0.15) is 0 Å². The van der Waals surface area contributed by atoms with Crippen LogP contribution in [0.25, 0.3) is 0 Å². The van der Waals surface area contributed by atoms with E-state index in [4.69, 9.17) is 4.74 Å². The molecule has 0 bridgehead atoms. The van der Waals surface area contributed by atoms with Crippen LogP contribution in [-0.4, -0.2) is 41.4 Å². The van der Waals surface area contributed by atoms with Crippen molar-refractivity contribution in [2.45, 2.75) is 46.2 Å². The molecule has 0 unspecified atom stereocenters. The van der Waals surface area contributed by atoms with Gasteiger partial charge in [-0.05, 0) is 32.4 Å². The minimum absolute atomic E-state index is 0.186. The second-order valence-electron chi connectivity index (χ2n) is 5.33. The Morgan fingerprint density at radius 1 is 1.29 bits per heavy atom. The summed E-state index contributed by atoms with van der Waals surface area (Å²) >= 11 is 0. The molecule has 120 valence electrons. The number of ether oxygens (including phenoxy) is 1. The summed E-state index contributed by atoms with van der Waals surface area (Å²) in [5, 5.41) is 9.64. The van der Waals surface area contributed by atoms with Crippen LogP contribution in [-0.2, 0) is 17.8 Å². The number of nitrogens with zero attached hydrogens (tertiary/aromatic N) is 2. The summed E-state index contributed by atoms with van der Waals surface area (Å²) < 4.78 is 7.03. The molecule has 0 radical (unpaired) electrons. The van der Waals surface area contributed by atoms with Crippen LogP contribution in [0.15, 0.2) is 17.1 Å². The lowest BCUT2D eigenvalue weighted by Crippen LogP contribution is -2.28. The molecule has 5 heteroatoms. The van der Waals surface area contributed by atoms with Crippen LogP contribution in [0.4, 0.5) is 0 Å². The number of hydrogen-bond acceptors (Lipinski definition) is 4. The lowest BCUT2D eigenvalue weighted by atomic mass is 10.2. The molecule has 0 saturated carbocycles. The predicted molar refractivity (Wildman–Crippen MR) is 84.7 cm³/mol. The maximum absolute atomic E-state index is 11.7. The van der Waals surface area contributed by atoms with E-state index in [9.17, 15) is 9.90 Å². The largest absolute Gasteiger partial charge is 0.503 e. The molecule has 1 aromatic rings. The van der Waals surface area contributed by atoms with Crippen molar-refractivity contribution in [3.63, 3.8) is 0 Å². The minimum atomic E-state index is -0.305. The second kappa shape index (κ2) is 9.58. The number of rotatable bonds is 10. The molecule has 0 aliphatic rings. The monoisotopic (exact) mass is 296 g/mol. The SMILES string of the molecule is CCCN(CCC)Cc1cc(=O)c(O)cn1CCCOC. The number of hydrogen-bond donors (Lipinski definition) is 1. The normalized spacial score (nSPS) is 11.2. The Bertz CT molecular complexity index is 465. The van der Waals surface area contributed by atoms with E-state index in [1.54, 1.807) is 19.4 Å². The lowest BCUT2D eigenvalue weighted by molar-refractivity contribution is 0.189. The van der Waals surface area contributed by atoms with Crippen molar-refractivity contribution >= 4 is 0 Å². The van der Waals surface area contributed by atoms with E-state index >= 15 is 0 Å². The Morgan fingerprint density at radius 3 is 2.52 bits per heavy atom. The number of methoxy groups -OCH3 is 1. The topological polar surface area (TPSA) is 54.7 Å². The van der Waals surface area contributed by atoms with Crippen LogP contribution in [0.2, 0.25) is 0 Å². The van der Waals surface area contributed by atoms with Gasteiger partial charge in [-0.3, -0.25) is 9.69 Å². The summed E-state index contributed by atoms with van der Waals surface area (Å²) in [7, 11) is 1.67. The first-order chi connectivity index (χ1) is 10.1. The Kier molecular flexibility index (Phi) is 8.08. The summed E-state index contributed by atoms with van der Waals surface area (Å²) in [5.74, 6) is -0.186. The molecule has 1 aromatic heterocycles. The Labute approximate surface area is 127 Å². The Balaban J connectivity index is 2.90. The molecule has 0 amide bonds. The van der Waals surface area contributed by atoms with Crippen molar-refractivity contribution in [1.29, 1.82) is 0 Å². The predicted octanol–water partition coefficient (Wildman–Crippen LogP) is 2.21. The van der Waals surface area contributed by atoms with Gasteiger partial charge in [-0.25, -0.2) is 0 Å². The molecule has 1 heterocycles. The van der Waals surface area contributed by atoms with Crippen molar-refractivity contribution in [2.75, 3.05) is 26.8 Å². The lowest BCUT2D eigenvalue weighted by Gasteiger charge is -2.23. The highest BCUT2D eigenvalue weighted by atomic mass is 16.5. The number of aromatic nitrogens is 1. The maximum Gasteiger partial charge on any atom is 0.223 e. The maximum atomic E-state index is 11.7. The fraction of sp³-hybridized carbons (Fsp3) is 0.688. The third-order valence-corrected chi connectivity index (χ3v) is 3.41. The zero-order valence-electron chi connectivity index (χ0n) is 13.5. The van der Waals surface area contributed by atoms with E-state index in [0.29, 0.717) is 6.61 Å². The molecule has 0 atom stereocenters. The molecular formula is C16H28N2O3. The summed E-state index contributed by atoms with van der Waals surface area (Å²) in [6.07, 6.45) is 4.58. The van der Waals surface area contributed by atoms with Gasteiger partial charge in [0.2, 0.25) is 5.43 Å². The summed E-state index contributed by atoms with van der Waals surface area (Å²) in [6, 6.07) is 1.56. The van der Waals surface area contributed by atoms with E-state index in [0.717, 1.165) is 51.1 Å². The average Bonchev–Trinajstić information content (AvgIpc) is 2.44. The highest BCUT2D eigenvalue weighted by Gasteiger charge is 2.10. The summed E-state index contributed by atoms with van der Waals surface area (Å²) in [6.45, 7) is 8.49. The van der Waals surface area contributed by atoms with E-state index in [1.165, 1.54) is 0 Å². The smallest absolute Gasteiger partial charge is 0.223 e. The van der Waals surface area contributed by atoms with Crippen molar-refractivity contribution < 1.29 is 9.84 Å². The van der Waals surface area contributed by atoms with Crippen LogP contribution in [0.5, 0.6) is 5.75 Å². The molecule has 0 aliphatic carbocycles. The van der Waals surface area contributed by atoms with E-state index in [2.05, 4.69) is 18.7 Å². The van der Waals surface area contributed by atoms with Crippen LogP contribution >= 0.6 is 0 Å². The Morgan fingerprint density at radius 2 is 1.95 bits per heavy atom. The minimum Gasteiger partial charge on any atom is -0.503 e. The third kappa shape index (κ3) is 5.89. The molecule has 1 N–H and O–H groups in total. The fourth-order valence-electron chi connectivity index (χ4n) is 2.46. The molecule has 21 heavy (non-hydrogen) atoms. The first kappa shape index (κ1) is 17.7. The van der Waals surface area contributed by atoms with Crippen molar-refractivity contribution in [1.82, 2.24) is 9.47 Å². The van der Waals surface area contributed by atoms with Gasteiger partial charge >= 0.3 is 0 Å². The fourth-order valence-corrected chi connectivity index (χ4v) is 2.46. The van der Waals surface area contributed by atoms with Crippen molar-refractivity contribution in [3.8, 4) is 5.75 Å². The van der Waals surface area contributed by atoms with Gasteiger partial charge in [0, 0.05) is 38.6 Å². The average molecular weight is 296 g/mol. The molecule has 5 nitrogen and oxygen atoms in total. The van der Waals surface area contributed by atoms with Crippen LogP contribution in [0.3, 0.4) is 0 Å². The molecule has 0 fully saturated rings. The van der Waals surface area contributed by atoms with Gasteiger partial charge in [0.15, 0.2) is 5.75 Å². The van der Waals surface area contributed by atoms with Gasteiger partial charge in [-0.2, -0.15) is 0 Å². The number of aryl methyl sites for hydroxylation is 1. The first-order valence-electron chi connectivity index (χ1n) is 7.76. The van der Waals surface area contributed by atoms with Crippen LogP contribution in [0, 0.1) is 0 Å². The standard InChI is InChI=1S/C16H28N2O3/c1-4-7-17(8-5-2)12-14-11-15(19)16(20)13-18(14)9-6-10-21-3/h11,13,20H,4-10,12H2,1-3H3. The quantitative estimate of drug-likeness (QED) is 0.673. The van der Waals surface area contributed by atoms with Gasteiger partial charge in [0.25, 0.3) is 0 Å². The van der Waals surface area contributed by atoms with E-state index in [1.807, 2.05) is 4.57 Å². The van der Waals surface area contributed by atoms with E-state index in [-0.39, 0.29) is 11.2 Å². The number of aromatic hydroxyl groups is 1. The number of pyridine rings is 1. The van der Waals surface area contributed by atoms with Gasteiger partial charge < -0.3 is 14.4 Å². The highest BCUT2D eigenvalue weighted by molar-refractivity contribution is 5.20.